The SMILES string of the molecule is COC(C)(C)CCOC(=O)CCC1CCCCN1. The van der Waals surface area contributed by atoms with Gasteiger partial charge in [0, 0.05) is 26.0 Å². The van der Waals surface area contributed by atoms with Gasteiger partial charge in [0.2, 0.25) is 0 Å². The van der Waals surface area contributed by atoms with Crippen molar-refractivity contribution in [2.75, 3.05) is 20.3 Å². The summed E-state index contributed by atoms with van der Waals surface area (Å²) in [6.45, 7) is 5.51. The lowest BCUT2D eigenvalue weighted by Crippen LogP contribution is -2.34. The van der Waals surface area contributed by atoms with Crippen LogP contribution in [0.2, 0.25) is 0 Å². The molecule has 1 N–H and O–H groups in total. The molecule has 1 saturated heterocycles. The quantitative estimate of drug-likeness (QED) is 0.711. The highest BCUT2D eigenvalue weighted by Gasteiger charge is 2.18. The predicted molar refractivity (Wildman–Crippen MR) is 71.5 cm³/mol. The van der Waals surface area contributed by atoms with Crippen molar-refractivity contribution in [1.29, 1.82) is 0 Å². The molecular weight excluding hydrogens is 230 g/mol. The number of hydrogen-bond donors (Lipinski definition) is 1. The highest BCUT2D eigenvalue weighted by Crippen LogP contribution is 2.14. The molecular formula is C14H27NO3. The molecule has 4 nitrogen and oxygen atoms in total. The minimum atomic E-state index is -0.217. The monoisotopic (exact) mass is 257 g/mol. The molecule has 1 atom stereocenters. The first-order valence-electron chi connectivity index (χ1n) is 6.98. The van der Waals surface area contributed by atoms with E-state index in [1.807, 2.05) is 13.8 Å². The Balaban J connectivity index is 2.06. The topological polar surface area (TPSA) is 47.6 Å². The van der Waals surface area contributed by atoms with Crippen LogP contribution in [0.5, 0.6) is 0 Å². The Kier molecular flexibility index (Phi) is 6.65. The van der Waals surface area contributed by atoms with Crippen molar-refractivity contribution >= 4 is 5.97 Å². The predicted octanol–water partition coefficient (Wildman–Crippen LogP) is 2.27. The van der Waals surface area contributed by atoms with Crippen LogP contribution in [0.4, 0.5) is 0 Å². The largest absolute Gasteiger partial charge is 0.466 e. The van der Waals surface area contributed by atoms with Crippen LogP contribution in [-0.4, -0.2) is 37.9 Å². The summed E-state index contributed by atoms with van der Waals surface area (Å²) in [7, 11) is 1.68. The zero-order valence-electron chi connectivity index (χ0n) is 12.0. The van der Waals surface area contributed by atoms with E-state index in [0.717, 1.165) is 19.4 Å². The number of nitrogens with one attached hydrogen (secondary N) is 1. The maximum absolute atomic E-state index is 11.6. The van der Waals surface area contributed by atoms with E-state index in [0.29, 0.717) is 19.1 Å². The summed E-state index contributed by atoms with van der Waals surface area (Å²) >= 11 is 0. The molecule has 1 fully saturated rings. The van der Waals surface area contributed by atoms with Crippen LogP contribution in [0.3, 0.4) is 0 Å². The van der Waals surface area contributed by atoms with Crippen LogP contribution in [0, 0.1) is 0 Å². The Morgan fingerprint density at radius 3 is 2.78 bits per heavy atom. The summed E-state index contributed by atoms with van der Waals surface area (Å²) in [4.78, 5) is 11.6. The average Bonchev–Trinajstić information content (AvgIpc) is 2.37. The maximum atomic E-state index is 11.6. The van der Waals surface area contributed by atoms with E-state index in [4.69, 9.17) is 9.47 Å². The summed E-state index contributed by atoms with van der Waals surface area (Å²) in [5.74, 6) is -0.0886. The third-order valence-corrected chi connectivity index (χ3v) is 3.63. The zero-order chi connectivity index (χ0) is 13.4. The van der Waals surface area contributed by atoms with Gasteiger partial charge in [0.1, 0.15) is 0 Å². The van der Waals surface area contributed by atoms with Gasteiger partial charge in [-0.05, 0) is 39.7 Å². The second-order valence-corrected chi connectivity index (χ2v) is 5.62. The number of carbonyl (C=O) groups excluding carboxylic acids is 1. The van der Waals surface area contributed by atoms with Crippen molar-refractivity contribution in [3.05, 3.63) is 0 Å². The Bertz CT molecular complexity index is 247. The molecule has 0 spiro atoms. The fourth-order valence-electron chi connectivity index (χ4n) is 2.05. The first kappa shape index (κ1) is 15.4. The number of carbonyl (C=O) groups is 1. The van der Waals surface area contributed by atoms with Crippen LogP contribution >= 0.6 is 0 Å². The number of methoxy groups -OCH3 is 1. The first-order valence-corrected chi connectivity index (χ1v) is 6.98. The van der Waals surface area contributed by atoms with E-state index in [1.54, 1.807) is 7.11 Å². The second kappa shape index (κ2) is 7.74. The van der Waals surface area contributed by atoms with E-state index in [2.05, 4.69) is 5.32 Å². The minimum Gasteiger partial charge on any atom is -0.466 e. The Morgan fingerprint density at radius 1 is 1.39 bits per heavy atom. The number of piperidine rings is 1. The molecule has 18 heavy (non-hydrogen) atoms. The van der Waals surface area contributed by atoms with Crippen molar-refractivity contribution in [1.82, 2.24) is 5.32 Å². The van der Waals surface area contributed by atoms with Crippen molar-refractivity contribution < 1.29 is 14.3 Å². The van der Waals surface area contributed by atoms with Gasteiger partial charge in [-0.3, -0.25) is 4.79 Å². The molecule has 0 aliphatic carbocycles. The molecule has 1 aliphatic heterocycles. The van der Waals surface area contributed by atoms with Gasteiger partial charge < -0.3 is 14.8 Å². The number of ether oxygens (including phenoxy) is 2. The molecule has 0 saturated carbocycles. The molecule has 0 bridgehead atoms. The Hall–Kier alpha value is -0.610. The smallest absolute Gasteiger partial charge is 0.305 e. The van der Waals surface area contributed by atoms with Crippen LogP contribution < -0.4 is 5.32 Å². The van der Waals surface area contributed by atoms with Crippen LogP contribution in [0.15, 0.2) is 0 Å². The van der Waals surface area contributed by atoms with E-state index in [1.165, 1.54) is 19.3 Å². The maximum Gasteiger partial charge on any atom is 0.305 e. The van der Waals surface area contributed by atoms with E-state index < -0.39 is 0 Å². The summed E-state index contributed by atoms with van der Waals surface area (Å²) < 4.78 is 10.5. The van der Waals surface area contributed by atoms with Crippen molar-refractivity contribution in [2.45, 2.75) is 64.0 Å². The van der Waals surface area contributed by atoms with Crippen LogP contribution in [0.25, 0.3) is 0 Å². The molecule has 1 heterocycles. The fraction of sp³-hybridized carbons (Fsp3) is 0.929. The average molecular weight is 257 g/mol. The van der Waals surface area contributed by atoms with Gasteiger partial charge in [-0.1, -0.05) is 6.42 Å². The second-order valence-electron chi connectivity index (χ2n) is 5.62. The molecule has 0 aromatic heterocycles. The van der Waals surface area contributed by atoms with Gasteiger partial charge >= 0.3 is 5.97 Å². The summed E-state index contributed by atoms with van der Waals surface area (Å²) in [6, 6.07) is 0.502. The lowest BCUT2D eigenvalue weighted by Gasteiger charge is -2.23. The first-order chi connectivity index (χ1) is 8.53. The number of hydrogen-bond acceptors (Lipinski definition) is 4. The molecule has 0 aromatic carbocycles. The normalized spacial score (nSPS) is 20.7. The van der Waals surface area contributed by atoms with E-state index in [-0.39, 0.29) is 11.6 Å². The molecule has 1 unspecified atom stereocenters. The molecule has 4 heteroatoms. The lowest BCUT2D eigenvalue weighted by molar-refractivity contribution is -0.145. The summed E-state index contributed by atoms with van der Waals surface area (Å²) in [5.41, 5.74) is -0.217. The summed E-state index contributed by atoms with van der Waals surface area (Å²) in [6.07, 6.45) is 5.86. The van der Waals surface area contributed by atoms with E-state index in [9.17, 15) is 4.79 Å². The minimum absolute atomic E-state index is 0.0886. The summed E-state index contributed by atoms with van der Waals surface area (Å²) in [5, 5.41) is 3.44. The van der Waals surface area contributed by atoms with Gasteiger partial charge in [0.25, 0.3) is 0 Å². The van der Waals surface area contributed by atoms with E-state index >= 15 is 0 Å². The highest BCUT2D eigenvalue weighted by atomic mass is 16.5. The highest BCUT2D eigenvalue weighted by molar-refractivity contribution is 5.69. The van der Waals surface area contributed by atoms with Gasteiger partial charge in [-0.25, -0.2) is 0 Å². The Morgan fingerprint density at radius 2 is 2.17 bits per heavy atom. The fourth-order valence-corrected chi connectivity index (χ4v) is 2.05. The molecule has 0 radical (unpaired) electrons. The third-order valence-electron chi connectivity index (χ3n) is 3.63. The van der Waals surface area contributed by atoms with Crippen molar-refractivity contribution in [3.63, 3.8) is 0 Å². The number of rotatable bonds is 7. The van der Waals surface area contributed by atoms with Crippen molar-refractivity contribution in [2.24, 2.45) is 0 Å². The standard InChI is InChI=1S/C14H27NO3/c1-14(2,17-3)9-11-18-13(16)8-7-12-6-4-5-10-15-12/h12,15H,4-11H2,1-3H3. The lowest BCUT2D eigenvalue weighted by atomic mass is 10.0. The van der Waals surface area contributed by atoms with Gasteiger partial charge in [0.05, 0.1) is 12.2 Å². The third kappa shape index (κ3) is 6.36. The van der Waals surface area contributed by atoms with Gasteiger partial charge in [0.15, 0.2) is 0 Å². The molecule has 1 aliphatic rings. The van der Waals surface area contributed by atoms with Crippen molar-refractivity contribution in [3.8, 4) is 0 Å². The molecule has 0 amide bonds. The Labute approximate surface area is 110 Å². The number of esters is 1. The van der Waals surface area contributed by atoms with Gasteiger partial charge in [-0.2, -0.15) is 0 Å². The molecule has 106 valence electrons. The van der Waals surface area contributed by atoms with Gasteiger partial charge in [-0.15, -0.1) is 0 Å². The molecule has 0 aromatic rings. The van der Waals surface area contributed by atoms with Crippen LogP contribution in [0.1, 0.15) is 52.4 Å². The van der Waals surface area contributed by atoms with Crippen LogP contribution in [-0.2, 0) is 14.3 Å². The zero-order valence-corrected chi connectivity index (χ0v) is 12.0. The molecule has 1 rings (SSSR count).